The third-order valence-corrected chi connectivity index (χ3v) is 7.47. The summed E-state index contributed by atoms with van der Waals surface area (Å²) >= 11 is 1.74. The van der Waals surface area contributed by atoms with Gasteiger partial charge in [-0.2, -0.15) is 5.10 Å². The first kappa shape index (κ1) is 22.2. The molecule has 0 radical (unpaired) electrons. The minimum atomic E-state index is 0.787. The second-order valence-electron chi connectivity index (χ2n) is 9.02. The second-order valence-corrected chi connectivity index (χ2v) is 9.97. The highest BCUT2D eigenvalue weighted by Gasteiger charge is 2.16. The number of thiophene rings is 1. The van der Waals surface area contributed by atoms with Gasteiger partial charge in [-0.1, -0.05) is 55.1 Å². The zero-order valence-electron chi connectivity index (χ0n) is 20.3. The molecule has 0 spiro atoms. The van der Waals surface area contributed by atoms with E-state index in [0.29, 0.717) is 0 Å². The van der Waals surface area contributed by atoms with Gasteiger partial charge in [-0.25, -0.2) is 4.98 Å². The Morgan fingerprint density at radius 1 is 0.868 bits per heavy atom. The van der Waals surface area contributed by atoms with E-state index in [1.54, 1.807) is 17.5 Å². The van der Waals surface area contributed by atoms with Crippen molar-refractivity contribution in [3.63, 3.8) is 0 Å². The predicted octanol–water partition coefficient (Wildman–Crippen LogP) is 7.98. The van der Waals surface area contributed by atoms with Gasteiger partial charge < -0.3 is 10.3 Å². The first-order chi connectivity index (χ1) is 18.7. The molecule has 7 heteroatoms. The lowest BCUT2D eigenvalue weighted by Crippen LogP contribution is -1.98. The van der Waals surface area contributed by atoms with Crippen molar-refractivity contribution in [3.8, 4) is 33.1 Å². The summed E-state index contributed by atoms with van der Waals surface area (Å²) in [5.74, 6) is 0. The Morgan fingerprint density at radius 2 is 1.79 bits per heavy atom. The molecule has 5 heterocycles. The summed E-state index contributed by atoms with van der Waals surface area (Å²) in [6.45, 7) is 4.17. The van der Waals surface area contributed by atoms with E-state index in [9.17, 15) is 0 Å². The molecular formula is C31H22N6S. The van der Waals surface area contributed by atoms with Crippen molar-refractivity contribution in [3.05, 3.63) is 115 Å². The standard InChI is InChI=1S/C31H22N6S/c1-19(20-7-3-2-4-8-20)33-22-15-21(17-32-18-22)25-12-13-27-30(35-25)31(37-36-27)28-16-24-23(29-11-6-14-38-29)9-5-10-26(24)34-28/h2-18,33-34H,1H2,(H,36,37). The number of fused-ring (bicyclic) bond motifs is 2. The molecule has 0 unspecified atom stereocenters. The van der Waals surface area contributed by atoms with Crippen molar-refractivity contribution in [2.45, 2.75) is 0 Å². The summed E-state index contributed by atoms with van der Waals surface area (Å²) < 4.78 is 0. The number of aromatic nitrogens is 5. The first-order valence-corrected chi connectivity index (χ1v) is 13.1. The zero-order chi connectivity index (χ0) is 25.5. The topological polar surface area (TPSA) is 82.3 Å². The number of H-pyrrole nitrogens is 2. The van der Waals surface area contributed by atoms with E-state index in [-0.39, 0.29) is 0 Å². The summed E-state index contributed by atoms with van der Waals surface area (Å²) in [4.78, 5) is 14.2. The van der Waals surface area contributed by atoms with Crippen molar-refractivity contribution < 1.29 is 0 Å². The molecule has 0 aliphatic rings. The Labute approximate surface area is 222 Å². The molecular weight excluding hydrogens is 488 g/mol. The van der Waals surface area contributed by atoms with E-state index in [2.05, 4.69) is 73.8 Å². The summed E-state index contributed by atoms with van der Waals surface area (Å²) in [6, 6.07) is 28.8. The number of anilines is 1. The number of hydrogen-bond acceptors (Lipinski definition) is 5. The number of aromatic amines is 2. The second kappa shape index (κ2) is 9.14. The molecule has 7 aromatic rings. The van der Waals surface area contributed by atoms with Crippen LogP contribution in [0, 0.1) is 0 Å². The van der Waals surface area contributed by atoms with Gasteiger partial charge in [-0.05, 0) is 47.3 Å². The first-order valence-electron chi connectivity index (χ1n) is 12.2. The third-order valence-electron chi connectivity index (χ3n) is 6.57. The molecule has 0 saturated heterocycles. The largest absolute Gasteiger partial charge is 0.354 e. The summed E-state index contributed by atoms with van der Waals surface area (Å²) in [7, 11) is 0. The van der Waals surface area contributed by atoms with E-state index >= 15 is 0 Å². The fourth-order valence-corrected chi connectivity index (χ4v) is 5.48. The summed E-state index contributed by atoms with van der Waals surface area (Å²) in [5.41, 5.74) is 10.1. The van der Waals surface area contributed by atoms with E-state index in [0.717, 1.165) is 56.1 Å². The van der Waals surface area contributed by atoms with Crippen molar-refractivity contribution in [2.75, 3.05) is 5.32 Å². The van der Waals surface area contributed by atoms with Gasteiger partial charge in [0, 0.05) is 38.8 Å². The van der Waals surface area contributed by atoms with Crippen LogP contribution in [0.3, 0.4) is 0 Å². The normalized spacial score (nSPS) is 11.3. The third kappa shape index (κ3) is 3.95. The fraction of sp³-hybridized carbons (Fsp3) is 0. The highest BCUT2D eigenvalue weighted by Crippen LogP contribution is 2.36. The Balaban J connectivity index is 1.25. The minimum Gasteiger partial charge on any atom is -0.354 e. The van der Waals surface area contributed by atoms with Crippen LogP contribution in [-0.2, 0) is 0 Å². The summed E-state index contributed by atoms with van der Waals surface area (Å²) in [6.07, 6.45) is 3.61. The lowest BCUT2D eigenvalue weighted by molar-refractivity contribution is 1.12. The van der Waals surface area contributed by atoms with Crippen LogP contribution in [0.15, 0.2) is 109 Å². The lowest BCUT2D eigenvalue weighted by Gasteiger charge is -2.10. The fourth-order valence-electron chi connectivity index (χ4n) is 4.71. The lowest BCUT2D eigenvalue weighted by atomic mass is 10.1. The number of benzene rings is 2. The highest BCUT2D eigenvalue weighted by molar-refractivity contribution is 7.13. The van der Waals surface area contributed by atoms with Gasteiger partial charge in [0.1, 0.15) is 11.2 Å². The van der Waals surface area contributed by atoms with Gasteiger partial charge in [0.05, 0.1) is 28.8 Å². The van der Waals surface area contributed by atoms with Crippen molar-refractivity contribution >= 4 is 44.7 Å². The smallest absolute Gasteiger partial charge is 0.135 e. The zero-order valence-corrected chi connectivity index (χ0v) is 21.1. The SMILES string of the molecule is C=C(Nc1cncc(-c2ccc3[nH]nc(-c4cc5c(-c6cccs6)cccc5[nH]4)c3n2)c1)c1ccccc1. The van der Waals surface area contributed by atoms with E-state index in [1.807, 2.05) is 54.7 Å². The van der Waals surface area contributed by atoms with Gasteiger partial charge >= 0.3 is 0 Å². The van der Waals surface area contributed by atoms with Crippen LogP contribution in [-0.4, -0.2) is 25.1 Å². The number of nitrogens with one attached hydrogen (secondary N) is 3. The molecule has 0 saturated carbocycles. The number of rotatable bonds is 6. The molecule has 38 heavy (non-hydrogen) atoms. The molecule has 0 aliphatic carbocycles. The predicted molar refractivity (Wildman–Crippen MR) is 157 cm³/mol. The van der Waals surface area contributed by atoms with Crippen LogP contribution in [0.4, 0.5) is 5.69 Å². The van der Waals surface area contributed by atoms with Crippen LogP contribution in [0.5, 0.6) is 0 Å². The minimum absolute atomic E-state index is 0.787. The average Bonchev–Trinajstić information content (AvgIpc) is 3.73. The molecule has 182 valence electrons. The van der Waals surface area contributed by atoms with Gasteiger partial charge in [0.25, 0.3) is 0 Å². The molecule has 6 nitrogen and oxygen atoms in total. The molecule has 3 N–H and O–H groups in total. The van der Waals surface area contributed by atoms with Crippen LogP contribution >= 0.6 is 11.3 Å². The average molecular weight is 511 g/mol. The van der Waals surface area contributed by atoms with Gasteiger partial charge in [-0.3, -0.25) is 10.1 Å². The number of nitrogens with zero attached hydrogens (tertiary/aromatic N) is 3. The molecule has 0 aliphatic heterocycles. The van der Waals surface area contributed by atoms with Gasteiger partial charge in [0.15, 0.2) is 0 Å². The monoisotopic (exact) mass is 510 g/mol. The highest BCUT2D eigenvalue weighted by atomic mass is 32.1. The van der Waals surface area contributed by atoms with Crippen LogP contribution in [0.1, 0.15) is 5.56 Å². The van der Waals surface area contributed by atoms with Crippen LogP contribution < -0.4 is 5.32 Å². The van der Waals surface area contributed by atoms with Crippen molar-refractivity contribution in [1.29, 1.82) is 0 Å². The Morgan fingerprint density at radius 3 is 2.66 bits per heavy atom. The Hall–Kier alpha value is -5.01. The van der Waals surface area contributed by atoms with Crippen molar-refractivity contribution in [1.82, 2.24) is 25.1 Å². The Kier molecular flexibility index (Phi) is 5.34. The maximum Gasteiger partial charge on any atom is 0.135 e. The van der Waals surface area contributed by atoms with E-state index in [4.69, 9.17) is 4.98 Å². The maximum absolute atomic E-state index is 5.00. The molecule has 5 aromatic heterocycles. The van der Waals surface area contributed by atoms with Gasteiger partial charge in [-0.15, -0.1) is 11.3 Å². The quantitative estimate of drug-likeness (QED) is 0.212. The van der Waals surface area contributed by atoms with E-state index in [1.165, 1.54) is 15.8 Å². The van der Waals surface area contributed by atoms with Gasteiger partial charge in [0.2, 0.25) is 0 Å². The molecule has 0 amide bonds. The number of hydrogen-bond donors (Lipinski definition) is 3. The summed E-state index contributed by atoms with van der Waals surface area (Å²) in [5, 5.41) is 14.4. The van der Waals surface area contributed by atoms with Crippen molar-refractivity contribution in [2.24, 2.45) is 0 Å². The van der Waals surface area contributed by atoms with Crippen LogP contribution in [0.2, 0.25) is 0 Å². The molecule has 0 bridgehead atoms. The molecule has 0 fully saturated rings. The van der Waals surface area contributed by atoms with Crippen LogP contribution in [0.25, 0.3) is 60.7 Å². The molecule has 7 rings (SSSR count). The number of pyridine rings is 2. The maximum atomic E-state index is 5.00. The Bertz CT molecular complexity index is 1920. The van der Waals surface area contributed by atoms with E-state index < -0.39 is 0 Å². The molecule has 0 atom stereocenters. The molecule has 2 aromatic carbocycles.